The lowest BCUT2D eigenvalue weighted by Gasteiger charge is -2.18. The lowest BCUT2D eigenvalue weighted by molar-refractivity contribution is -0.147. The Bertz CT molecular complexity index is 722. The normalized spacial score (nSPS) is 20.7. The second-order valence-electron chi connectivity index (χ2n) is 7.28. The van der Waals surface area contributed by atoms with Crippen LogP contribution in [0.2, 0.25) is 0 Å². The molecule has 0 radical (unpaired) electrons. The standard InChI is InChI=1S/C20H24Cl2F2O2/c1-6-11-13(12(7-2)18(24)10(3)17(11)23)9-26-19(25)16-14(8-15(21)22)20(16,4)5/h8,14,16H,6-7,9H2,1-5H3/t14-,16+/m0/s1. The molecule has 1 aromatic rings. The van der Waals surface area contributed by atoms with Crippen LogP contribution in [-0.4, -0.2) is 5.97 Å². The van der Waals surface area contributed by atoms with E-state index in [1.54, 1.807) is 19.9 Å². The Labute approximate surface area is 163 Å². The van der Waals surface area contributed by atoms with Gasteiger partial charge >= 0.3 is 5.97 Å². The van der Waals surface area contributed by atoms with E-state index in [1.807, 2.05) is 13.8 Å². The van der Waals surface area contributed by atoms with E-state index in [-0.39, 0.29) is 33.9 Å². The molecule has 0 aromatic heterocycles. The van der Waals surface area contributed by atoms with Crippen LogP contribution in [0.1, 0.15) is 49.9 Å². The van der Waals surface area contributed by atoms with Crippen LogP contribution in [0, 0.1) is 35.8 Å². The predicted octanol–water partition coefficient (Wildman–Crippen LogP) is 6.03. The number of ether oxygens (including phenoxy) is 1. The van der Waals surface area contributed by atoms with E-state index in [0.717, 1.165) is 0 Å². The van der Waals surface area contributed by atoms with E-state index in [0.29, 0.717) is 29.5 Å². The van der Waals surface area contributed by atoms with Gasteiger partial charge in [-0.1, -0.05) is 50.9 Å². The first kappa shape index (κ1) is 21.2. The number of benzene rings is 1. The van der Waals surface area contributed by atoms with Gasteiger partial charge in [-0.15, -0.1) is 0 Å². The molecule has 2 atom stereocenters. The molecule has 0 saturated heterocycles. The average Bonchev–Trinajstić information content (AvgIpc) is 3.10. The largest absolute Gasteiger partial charge is 0.461 e. The summed E-state index contributed by atoms with van der Waals surface area (Å²) >= 11 is 11.4. The van der Waals surface area contributed by atoms with Crippen LogP contribution in [0.4, 0.5) is 8.78 Å². The molecule has 0 unspecified atom stereocenters. The van der Waals surface area contributed by atoms with Gasteiger partial charge in [-0.05, 0) is 48.3 Å². The van der Waals surface area contributed by atoms with Gasteiger partial charge in [-0.2, -0.15) is 0 Å². The SMILES string of the molecule is CCc1c(F)c(C)c(F)c(CC)c1COC(=O)[C@H]1[C@H](C=C(Cl)Cl)C1(C)C. The fourth-order valence-corrected chi connectivity index (χ4v) is 3.99. The smallest absolute Gasteiger partial charge is 0.310 e. The highest BCUT2D eigenvalue weighted by Gasteiger charge is 2.61. The molecule has 144 valence electrons. The number of hydrogen-bond acceptors (Lipinski definition) is 2. The van der Waals surface area contributed by atoms with Crippen molar-refractivity contribution in [2.75, 3.05) is 0 Å². The topological polar surface area (TPSA) is 26.3 Å². The van der Waals surface area contributed by atoms with E-state index < -0.39 is 17.6 Å². The third kappa shape index (κ3) is 3.77. The minimum absolute atomic E-state index is 0.0130. The fourth-order valence-electron chi connectivity index (χ4n) is 3.72. The molecule has 1 fully saturated rings. The molecule has 0 N–H and O–H groups in total. The highest BCUT2D eigenvalue weighted by Crippen LogP contribution is 2.60. The minimum Gasteiger partial charge on any atom is -0.461 e. The lowest BCUT2D eigenvalue weighted by atomic mass is 9.93. The summed E-state index contributed by atoms with van der Waals surface area (Å²) < 4.78 is 34.5. The Balaban J connectivity index is 2.25. The van der Waals surface area contributed by atoms with Gasteiger partial charge in [-0.3, -0.25) is 4.79 Å². The van der Waals surface area contributed by atoms with E-state index in [4.69, 9.17) is 27.9 Å². The number of esters is 1. The molecule has 0 bridgehead atoms. The van der Waals surface area contributed by atoms with Gasteiger partial charge in [0.05, 0.1) is 5.92 Å². The predicted molar refractivity (Wildman–Crippen MR) is 100 cm³/mol. The van der Waals surface area contributed by atoms with Gasteiger partial charge in [0, 0.05) is 11.1 Å². The number of halogens is 4. The van der Waals surface area contributed by atoms with Crippen molar-refractivity contribution in [2.24, 2.45) is 17.3 Å². The molecule has 0 amide bonds. The second kappa shape index (κ2) is 7.85. The van der Waals surface area contributed by atoms with Crippen LogP contribution in [-0.2, 0) is 29.0 Å². The van der Waals surface area contributed by atoms with Gasteiger partial charge in [0.2, 0.25) is 0 Å². The van der Waals surface area contributed by atoms with Gasteiger partial charge in [0.15, 0.2) is 0 Å². The third-order valence-electron chi connectivity index (χ3n) is 5.45. The number of rotatable bonds is 6. The quantitative estimate of drug-likeness (QED) is 0.540. The molecule has 2 rings (SSSR count). The van der Waals surface area contributed by atoms with Gasteiger partial charge < -0.3 is 4.74 Å². The van der Waals surface area contributed by atoms with E-state index in [2.05, 4.69) is 0 Å². The van der Waals surface area contributed by atoms with Crippen molar-refractivity contribution in [1.82, 2.24) is 0 Å². The first-order valence-electron chi connectivity index (χ1n) is 8.75. The first-order valence-corrected chi connectivity index (χ1v) is 9.51. The van der Waals surface area contributed by atoms with Crippen molar-refractivity contribution in [3.63, 3.8) is 0 Å². The Morgan fingerprint density at radius 2 is 1.62 bits per heavy atom. The fraction of sp³-hybridized carbons (Fsp3) is 0.550. The summed E-state index contributed by atoms with van der Waals surface area (Å²) in [5, 5.41) is 0. The summed E-state index contributed by atoms with van der Waals surface area (Å²) in [6.45, 7) is 8.74. The van der Waals surface area contributed by atoms with E-state index in [9.17, 15) is 13.6 Å². The van der Waals surface area contributed by atoms with E-state index in [1.165, 1.54) is 6.92 Å². The van der Waals surface area contributed by atoms with Crippen LogP contribution in [0.25, 0.3) is 0 Å². The van der Waals surface area contributed by atoms with Crippen molar-refractivity contribution in [3.05, 3.63) is 44.5 Å². The summed E-state index contributed by atoms with van der Waals surface area (Å²) in [6.07, 6.45) is 2.43. The molecule has 1 aliphatic rings. The molecule has 0 heterocycles. The maximum Gasteiger partial charge on any atom is 0.310 e. The molecule has 1 aliphatic carbocycles. The zero-order valence-corrected chi connectivity index (χ0v) is 17.2. The number of allylic oxidation sites excluding steroid dienone is 1. The molecular formula is C20H24Cl2F2O2. The Morgan fingerprint density at radius 1 is 1.12 bits per heavy atom. The maximum atomic E-state index is 14.4. The summed E-state index contributed by atoms with van der Waals surface area (Å²) in [4.78, 5) is 12.5. The summed E-state index contributed by atoms with van der Waals surface area (Å²) in [6, 6.07) is 0. The maximum absolute atomic E-state index is 14.4. The summed E-state index contributed by atoms with van der Waals surface area (Å²) in [5.74, 6) is -2.01. The van der Waals surface area contributed by atoms with Crippen molar-refractivity contribution in [3.8, 4) is 0 Å². The molecule has 0 aliphatic heterocycles. The van der Waals surface area contributed by atoms with Gasteiger partial charge in [0.25, 0.3) is 0 Å². The van der Waals surface area contributed by atoms with E-state index >= 15 is 0 Å². The number of carbonyl (C=O) groups excluding carboxylic acids is 1. The van der Waals surface area contributed by atoms with Gasteiger partial charge in [0.1, 0.15) is 22.7 Å². The molecule has 2 nitrogen and oxygen atoms in total. The van der Waals surface area contributed by atoms with Crippen LogP contribution in [0.3, 0.4) is 0 Å². The second-order valence-corrected chi connectivity index (χ2v) is 8.29. The Kier molecular flexibility index (Phi) is 6.40. The average molecular weight is 405 g/mol. The number of hydrogen-bond donors (Lipinski definition) is 0. The molecule has 26 heavy (non-hydrogen) atoms. The zero-order valence-electron chi connectivity index (χ0n) is 15.7. The zero-order chi connectivity index (χ0) is 19.8. The van der Waals surface area contributed by atoms with Crippen molar-refractivity contribution >= 4 is 29.2 Å². The monoisotopic (exact) mass is 404 g/mol. The highest BCUT2D eigenvalue weighted by atomic mass is 35.5. The van der Waals surface area contributed by atoms with Crippen molar-refractivity contribution < 1.29 is 18.3 Å². The van der Waals surface area contributed by atoms with Crippen LogP contribution in [0.5, 0.6) is 0 Å². The molecular weight excluding hydrogens is 381 g/mol. The lowest BCUT2D eigenvalue weighted by Crippen LogP contribution is -2.15. The van der Waals surface area contributed by atoms with Crippen LogP contribution < -0.4 is 0 Å². The molecule has 6 heteroatoms. The Morgan fingerprint density at radius 3 is 2.04 bits per heavy atom. The van der Waals surface area contributed by atoms with Gasteiger partial charge in [-0.25, -0.2) is 8.78 Å². The molecule has 1 saturated carbocycles. The van der Waals surface area contributed by atoms with Crippen molar-refractivity contribution in [2.45, 2.75) is 54.1 Å². The molecule has 1 aromatic carbocycles. The van der Waals surface area contributed by atoms with Crippen molar-refractivity contribution in [1.29, 1.82) is 0 Å². The third-order valence-corrected chi connectivity index (χ3v) is 5.70. The Hall–Kier alpha value is -1.13. The van der Waals surface area contributed by atoms with Crippen LogP contribution in [0.15, 0.2) is 10.6 Å². The summed E-state index contributed by atoms with van der Waals surface area (Å²) in [7, 11) is 0. The first-order chi connectivity index (χ1) is 12.1. The highest BCUT2D eigenvalue weighted by molar-refractivity contribution is 6.55. The molecule has 0 spiro atoms. The minimum atomic E-state index is -0.560. The van der Waals surface area contributed by atoms with Crippen LogP contribution >= 0.6 is 23.2 Å². The summed E-state index contributed by atoms with van der Waals surface area (Å²) in [5.41, 5.74) is 0.952. The number of carbonyl (C=O) groups is 1.